The fourth-order valence-electron chi connectivity index (χ4n) is 1.48. The molecule has 0 aliphatic carbocycles. The third-order valence-electron chi connectivity index (χ3n) is 2.45. The molecule has 8 heteroatoms. The molecule has 2 aromatic heterocycles. The van der Waals surface area contributed by atoms with Gasteiger partial charge in [-0.05, 0) is 12.1 Å². The summed E-state index contributed by atoms with van der Waals surface area (Å²) in [7, 11) is 0. The molecule has 0 unspecified atom stereocenters. The molecule has 2 aromatic rings. The smallest absolute Gasteiger partial charge is 0.358 e. The zero-order valence-corrected chi connectivity index (χ0v) is 12.0. The van der Waals surface area contributed by atoms with E-state index in [2.05, 4.69) is 30.2 Å². The zero-order chi connectivity index (χ0) is 14.8. The summed E-state index contributed by atoms with van der Waals surface area (Å²) >= 11 is 8.29. The maximum Gasteiger partial charge on any atom is 0.358 e. The third-order valence-corrected chi connectivity index (χ3v) is 3.13. The molecule has 0 aliphatic rings. The first-order valence-corrected chi connectivity index (χ1v) is 6.47. The summed E-state index contributed by atoms with van der Waals surface area (Å²) in [5, 5.41) is 18.8. The van der Waals surface area contributed by atoms with Crippen molar-refractivity contribution in [3.05, 3.63) is 42.2 Å². The monoisotopic (exact) mass is 312 g/mol. The van der Waals surface area contributed by atoms with Crippen LogP contribution < -0.4 is 4.84 Å². The molecular formula is C12H12N2O4S2. The minimum Gasteiger partial charge on any atom is -0.492 e. The Balaban J connectivity index is 2.11. The Bertz CT molecular complexity index is 594. The summed E-state index contributed by atoms with van der Waals surface area (Å²) in [5.74, 6) is -1.67. The lowest BCUT2D eigenvalue weighted by Gasteiger charge is -2.20. The van der Waals surface area contributed by atoms with Crippen molar-refractivity contribution in [2.75, 3.05) is 0 Å². The predicted octanol–water partition coefficient (Wildman–Crippen LogP) is 1.05. The minimum absolute atomic E-state index is 0.113. The Hall–Kier alpha value is -1.80. The maximum atomic E-state index is 12.0. The van der Waals surface area contributed by atoms with Gasteiger partial charge in [-0.1, -0.05) is 6.07 Å². The maximum absolute atomic E-state index is 12.0. The van der Waals surface area contributed by atoms with Crippen LogP contribution >= 0.6 is 25.3 Å². The largest absolute Gasteiger partial charge is 0.492 e. The number of nitrogens with zero attached hydrogens (tertiary/aromatic N) is 2. The number of carbonyl (C=O) groups excluding carboxylic acids is 1. The van der Waals surface area contributed by atoms with Crippen molar-refractivity contribution >= 4 is 31.2 Å². The average molecular weight is 312 g/mol. The number of rotatable bonds is 4. The molecule has 0 bridgehead atoms. The van der Waals surface area contributed by atoms with E-state index < -0.39 is 21.8 Å². The molecule has 0 saturated heterocycles. The van der Waals surface area contributed by atoms with Crippen LogP contribution in [0.15, 0.2) is 36.5 Å². The van der Waals surface area contributed by atoms with Gasteiger partial charge in [-0.15, -0.1) is 30.0 Å². The molecule has 0 amide bonds. The van der Waals surface area contributed by atoms with Gasteiger partial charge in [0.2, 0.25) is 11.8 Å². The van der Waals surface area contributed by atoms with Crippen LogP contribution in [-0.4, -0.2) is 30.0 Å². The van der Waals surface area contributed by atoms with E-state index in [9.17, 15) is 15.0 Å². The number of thiol groups is 2. The van der Waals surface area contributed by atoms with Crippen molar-refractivity contribution in [3.63, 3.8) is 0 Å². The normalized spacial score (nSPS) is 11.3. The van der Waals surface area contributed by atoms with E-state index >= 15 is 0 Å². The van der Waals surface area contributed by atoms with E-state index in [-0.39, 0.29) is 6.42 Å². The first kappa shape index (κ1) is 14.6. The van der Waals surface area contributed by atoms with Crippen LogP contribution in [0, 0.1) is 0 Å². The molecule has 20 heavy (non-hydrogen) atoms. The van der Waals surface area contributed by atoms with E-state index in [1.807, 2.05) is 0 Å². The van der Waals surface area contributed by atoms with Gasteiger partial charge in [-0.25, -0.2) is 4.79 Å². The number of aromatic nitrogens is 2. The molecule has 0 atom stereocenters. The molecule has 0 aromatic carbocycles. The number of hydrogen-bond donors (Lipinski definition) is 4. The van der Waals surface area contributed by atoms with Crippen LogP contribution in [0.5, 0.6) is 11.8 Å². The van der Waals surface area contributed by atoms with Crippen LogP contribution in [0.3, 0.4) is 0 Å². The summed E-state index contributed by atoms with van der Waals surface area (Å²) in [5.41, 5.74) is 0.607. The molecule has 2 heterocycles. The minimum atomic E-state index is -1.46. The number of carbonyl (C=O) groups is 1. The zero-order valence-electron chi connectivity index (χ0n) is 10.2. The topological polar surface area (TPSA) is 84.6 Å². The second-order valence-electron chi connectivity index (χ2n) is 4.04. The van der Waals surface area contributed by atoms with E-state index in [0.717, 1.165) is 0 Å². The highest BCUT2D eigenvalue weighted by Crippen LogP contribution is 2.27. The van der Waals surface area contributed by atoms with E-state index in [1.54, 1.807) is 24.4 Å². The lowest BCUT2D eigenvalue weighted by atomic mass is 10.2. The molecule has 6 nitrogen and oxygen atoms in total. The average Bonchev–Trinajstić information content (AvgIpc) is 2.71. The van der Waals surface area contributed by atoms with Crippen LogP contribution in [0.2, 0.25) is 0 Å². The van der Waals surface area contributed by atoms with Crippen molar-refractivity contribution in [2.24, 2.45) is 0 Å². The van der Waals surface area contributed by atoms with Gasteiger partial charge in [0.05, 0.1) is 0 Å². The second-order valence-corrected chi connectivity index (χ2v) is 5.92. The molecule has 0 aliphatic heterocycles. The van der Waals surface area contributed by atoms with E-state index in [0.29, 0.717) is 10.4 Å². The molecule has 0 radical (unpaired) electrons. The SMILES string of the molecule is O=C(On1c(O)ccc1O)C(S)(S)Cc1ccccn1. The van der Waals surface area contributed by atoms with Crippen LogP contribution in [-0.2, 0) is 11.2 Å². The highest BCUT2D eigenvalue weighted by atomic mass is 32.2. The first-order valence-electron chi connectivity index (χ1n) is 5.57. The number of hydrogen-bond acceptors (Lipinski definition) is 7. The van der Waals surface area contributed by atoms with Crippen LogP contribution in [0.1, 0.15) is 5.69 Å². The van der Waals surface area contributed by atoms with Crippen LogP contribution in [0.4, 0.5) is 0 Å². The quantitative estimate of drug-likeness (QED) is 0.501. The Morgan fingerprint density at radius 3 is 2.45 bits per heavy atom. The molecule has 0 saturated carbocycles. The van der Waals surface area contributed by atoms with Crippen LogP contribution in [0.25, 0.3) is 0 Å². The predicted molar refractivity (Wildman–Crippen MR) is 78.0 cm³/mol. The molecule has 0 fully saturated rings. The van der Waals surface area contributed by atoms with Crippen molar-refractivity contribution in [1.29, 1.82) is 0 Å². The highest BCUT2D eigenvalue weighted by molar-refractivity contribution is 8.01. The van der Waals surface area contributed by atoms with Gasteiger partial charge in [-0.2, -0.15) is 0 Å². The van der Waals surface area contributed by atoms with E-state index in [4.69, 9.17) is 4.84 Å². The number of aromatic hydroxyl groups is 2. The molecule has 2 N–H and O–H groups in total. The lowest BCUT2D eigenvalue weighted by Crippen LogP contribution is -2.37. The Morgan fingerprint density at radius 2 is 1.90 bits per heavy atom. The van der Waals surface area contributed by atoms with Crippen molar-refractivity contribution in [1.82, 2.24) is 9.71 Å². The second kappa shape index (κ2) is 5.68. The Kier molecular flexibility index (Phi) is 4.15. The van der Waals surface area contributed by atoms with Crippen molar-refractivity contribution in [2.45, 2.75) is 10.5 Å². The van der Waals surface area contributed by atoms with E-state index in [1.165, 1.54) is 12.1 Å². The summed E-state index contributed by atoms with van der Waals surface area (Å²) in [4.78, 5) is 20.9. The number of pyridine rings is 1. The molecule has 0 spiro atoms. The fourth-order valence-corrected chi connectivity index (χ4v) is 1.88. The molecule has 106 valence electrons. The summed E-state index contributed by atoms with van der Waals surface area (Å²) in [6.07, 6.45) is 1.70. The Morgan fingerprint density at radius 1 is 1.25 bits per heavy atom. The third kappa shape index (κ3) is 3.20. The fraction of sp³-hybridized carbons (Fsp3) is 0.167. The molecular weight excluding hydrogens is 300 g/mol. The Labute approximate surface area is 125 Å². The van der Waals surface area contributed by atoms with Crippen molar-refractivity contribution < 1.29 is 19.8 Å². The summed E-state index contributed by atoms with van der Waals surface area (Å²) in [6.45, 7) is 0. The first-order chi connectivity index (χ1) is 9.40. The summed E-state index contributed by atoms with van der Waals surface area (Å²) in [6, 6.07) is 7.60. The van der Waals surface area contributed by atoms with Gasteiger partial charge in [-0.3, -0.25) is 4.98 Å². The van der Waals surface area contributed by atoms with Gasteiger partial charge in [0.25, 0.3) is 0 Å². The highest BCUT2D eigenvalue weighted by Gasteiger charge is 2.34. The van der Waals surface area contributed by atoms with Gasteiger partial charge in [0.1, 0.15) is 0 Å². The van der Waals surface area contributed by atoms with Gasteiger partial charge in [0, 0.05) is 30.4 Å². The lowest BCUT2D eigenvalue weighted by molar-refractivity contribution is -0.145. The molecule has 2 rings (SSSR count). The van der Waals surface area contributed by atoms with Gasteiger partial charge < -0.3 is 15.1 Å². The van der Waals surface area contributed by atoms with Gasteiger partial charge >= 0.3 is 5.97 Å². The van der Waals surface area contributed by atoms with Gasteiger partial charge in [0.15, 0.2) is 4.08 Å². The summed E-state index contributed by atoms with van der Waals surface area (Å²) < 4.78 is -0.876. The van der Waals surface area contributed by atoms with Crippen molar-refractivity contribution in [3.8, 4) is 11.8 Å². The standard InChI is InChI=1S/C12H12N2O4S2/c15-9-4-5-10(16)14(9)18-11(17)12(19,20)7-8-3-1-2-6-13-8/h1-6,15-16,19-20H,7H2.